The first kappa shape index (κ1) is 15.4. The number of benzene rings is 1. The number of ether oxygens (including phenoxy) is 1. The first-order chi connectivity index (χ1) is 10.8. The molecule has 3 nitrogen and oxygen atoms in total. The third-order valence-corrected chi connectivity index (χ3v) is 4.94. The molecule has 0 unspecified atom stereocenters. The topological polar surface area (TPSA) is 38.3 Å². The lowest BCUT2D eigenvalue weighted by molar-refractivity contribution is 0.00173. The van der Waals surface area contributed by atoms with Gasteiger partial charge in [0.15, 0.2) is 5.72 Å². The van der Waals surface area contributed by atoms with E-state index < -0.39 is 5.72 Å². The van der Waals surface area contributed by atoms with Crippen LogP contribution in [0.15, 0.2) is 24.3 Å². The lowest BCUT2D eigenvalue weighted by atomic mass is 9.93. The van der Waals surface area contributed by atoms with Gasteiger partial charge in [-0.2, -0.15) is 0 Å². The fourth-order valence-electron chi connectivity index (χ4n) is 3.66. The van der Waals surface area contributed by atoms with Crippen LogP contribution in [-0.2, 0) is 0 Å². The highest BCUT2D eigenvalue weighted by Crippen LogP contribution is 2.34. The Morgan fingerprint density at radius 1 is 0.818 bits per heavy atom. The Bertz CT molecular complexity index is 500. The molecule has 3 heteroatoms. The molecule has 0 atom stereocenters. The van der Waals surface area contributed by atoms with Gasteiger partial charge in [-0.1, -0.05) is 57.1 Å². The second-order valence-corrected chi connectivity index (χ2v) is 6.73. The number of nitrogens with one attached hydrogen (secondary N) is 1. The van der Waals surface area contributed by atoms with Crippen molar-refractivity contribution in [3.05, 3.63) is 29.8 Å². The van der Waals surface area contributed by atoms with Gasteiger partial charge in [0.2, 0.25) is 0 Å². The quantitative estimate of drug-likeness (QED) is 0.746. The van der Waals surface area contributed by atoms with Crippen molar-refractivity contribution in [2.75, 3.05) is 0 Å². The third kappa shape index (κ3) is 3.63. The Morgan fingerprint density at radius 2 is 1.36 bits per heavy atom. The van der Waals surface area contributed by atoms with Gasteiger partial charge < -0.3 is 10.1 Å². The number of hydrogen-bond donors (Lipinski definition) is 1. The molecule has 0 aromatic heterocycles. The SMILES string of the molecule is O=C1NC2(CCCCCCCCCCC2)Oc2ccccc21. The van der Waals surface area contributed by atoms with Gasteiger partial charge in [-0.05, 0) is 25.0 Å². The standard InChI is InChI=1S/C19H27NO2/c21-18-16-12-8-9-13-17(16)22-19(20-18)14-10-6-4-2-1-3-5-7-11-15-19/h8-9,12-13H,1-7,10-11,14-15H2,(H,20,21). The zero-order valence-electron chi connectivity index (χ0n) is 13.4. The summed E-state index contributed by atoms with van der Waals surface area (Å²) in [6.45, 7) is 0. The largest absolute Gasteiger partial charge is 0.467 e. The Morgan fingerprint density at radius 3 is 2.00 bits per heavy atom. The van der Waals surface area contributed by atoms with Gasteiger partial charge in [-0.25, -0.2) is 0 Å². The van der Waals surface area contributed by atoms with Crippen molar-refractivity contribution >= 4 is 5.91 Å². The molecule has 1 spiro atoms. The van der Waals surface area contributed by atoms with Crippen LogP contribution in [0, 0.1) is 0 Å². The van der Waals surface area contributed by atoms with Crippen LogP contribution in [0.4, 0.5) is 0 Å². The van der Waals surface area contributed by atoms with Gasteiger partial charge >= 0.3 is 0 Å². The summed E-state index contributed by atoms with van der Waals surface area (Å²) in [5.41, 5.74) is 0.184. The van der Waals surface area contributed by atoms with E-state index in [-0.39, 0.29) is 5.91 Å². The fraction of sp³-hybridized carbons (Fsp3) is 0.632. The number of hydrogen-bond acceptors (Lipinski definition) is 2. The summed E-state index contributed by atoms with van der Waals surface area (Å²) in [7, 11) is 0. The smallest absolute Gasteiger partial charge is 0.258 e. The fourth-order valence-corrected chi connectivity index (χ4v) is 3.66. The van der Waals surface area contributed by atoms with E-state index in [1.807, 2.05) is 24.3 Å². The number of amides is 1. The minimum Gasteiger partial charge on any atom is -0.467 e. The van der Waals surface area contributed by atoms with Gasteiger partial charge in [-0.15, -0.1) is 0 Å². The van der Waals surface area contributed by atoms with E-state index >= 15 is 0 Å². The third-order valence-electron chi connectivity index (χ3n) is 4.94. The highest BCUT2D eigenvalue weighted by atomic mass is 16.5. The molecule has 1 aromatic carbocycles. The van der Waals surface area contributed by atoms with E-state index in [1.165, 1.54) is 44.9 Å². The van der Waals surface area contributed by atoms with Gasteiger partial charge in [0.25, 0.3) is 5.91 Å². The summed E-state index contributed by atoms with van der Waals surface area (Å²) in [5, 5.41) is 3.18. The Kier molecular flexibility index (Phi) is 5.01. The van der Waals surface area contributed by atoms with E-state index in [0.29, 0.717) is 5.56 Å². The van der Waals surface area contributed by atoms with Crippen LogP contribution in [0.2, 0.25) is 0 Å². The van der Waals surface area contributed by atoms with Crippen molar-refractivity contribution in [3.63, 3.8) is 0 Å². The maximum absolute atomic E-state index is 12.4. The molecule has 22 heavy (non-hydrogen) atoms. The molecule has 120 valence electrons. The minimum absolute atomic E-state index is 0.0222. The Balaban J connectivity index is 1.75. The van der Waals surface area contributed by atoms with Crippen LogP contribution >= 0.6 is 0 Å². The normalized spacial score (nSPS) is 22.6. The molecule has 2 aliphatic rings. The van der Waals surface area contributed by atoms with E-state index in [9.17, 15) is 4.79 Å². The van der Waals surface area contributed by atoms with E-state index in [2.05, 4.69) is 5.32 Å². The number of para-hydroxylation sites is 1. The van der Waals surface area contributed by atoms with Crippen molar-refractivity contribution in [3.8, 4) is 5.75 Å². The maximum atomic E-state index is 12.4. The number of carbonyl (C=O) groups excluding carboxylic acids is 1. The Hall–Kier alpha value is -1.51. The average molecular weight is 301 g/mol. The van der Waals surface area contributed by atoms with Crippen molar-refractivity contribution < 1.29 is 9.53 Å². The first-order valence-electron chi connectivity index (χ1n) is 8.90. The lowest BCUT2D eigenvalue weighted by Crippen LogP contribution is -2.56. The molecule has 1 heterocycles. The van der Waals surface area contributed by atoms with E-state index in [0.717, 1.165) is 31.4 Å². The lowest BCUT2D eigenvalue weighted by Gasteiger charge is -2.39. The number of fused-ring (bicyclic) bond motifs is 1. The molecule has 0 bridgehead atoms. The van der Waals surface area contributed by atoms with Gasteiger partial charge in [0.1, 0.15) is 5.75 Å². The summed E-state index contributed by atoms with van der Waals surface area (Å²) in [6.07, 6.45) is 13.3. The summed E-state index contributed by atoms with van der Waals surface area (Å²) in [6, 6.07) is 7.60. The zero-order valence-corrected chi connectivity index (χ0v) is 13.4. The van der Waals surface area contributed by atoms with Crippen LogP contribution in [0.3, 0.4) is 0 Å². The molecule has 1 aromatic rings. The zero-order chi connectivity index (χ0) is 15.3. The molecule has 1 aliphatic carbocycles. The maximum Gasteiger partial charge on any atom is 0.258 e. The molecule has 0 radical (unpaired) electrons. The molecule has 1 amide bonds. The van der Waals surface area contributed by atoms with Crippen LogP contribution < -0.4 is 10.1 Å². The van der Waals surface area contributed by atoms with E-state index in [4.69, 9.17) is 4.74 Å². The van der Waals surface area contributed by atoms with Crippen LogP contribution in [0.25, 0.3) is 0 Å². The molecular formula is C19H27NO2. The summed E-state index contributed by atoms with van der Waals surface area (Å²) < 4.78 is 6.30. The van der Waals surface area contributed by atoms with Gasteiger partial charge in [0.05, 0.1) is 5.56 Å². The number of rotatable bonds is 0. The van der Waals surface area contributed by atoms with Crippen LogP contribution in [0.5, 0.6) is 5.75 Å². The minimum atomic E-state index is -0.482. The van der Waals surface area contributed by atoms with Crippen molar-refractivity contribution in [1.29, 1.82) is 0 Å². The monoisotopic (exact) mass is 301 g/mol. The van der Waals surface area contributed by atoms with Crippen molar-refractivity contribution in [2.24, 2.45) is 0 Å². The molecular weight excluding hydrogens is 274 g/mol. The molecule has 1 saturated carbocycles. The van der Waals surface area contributed by atoms with Gasteiger partial charge in [0, 0.05) is 12.8 Å². The van der Waals surface area contributed by atoms with Gasteiger partial charge in [-0.3, -0.25) is 4.79 Å². The average Bonchev–Trinajstić information content (AvgIpc) is 2.51. The molecule has 1 N–H and O–H groups in total. The van der Waals surface area contributed by atoms with E-state index in [1.54, 1.807) is 0 Å². The Labute approximate surface area is 133 Å². The highest BCUT2D eigenvalue weighted by molar-refractivity contribution is 5.98. The molecule has 3 rings (SSSR count). The summed E-state index contributed by atoms with van der Waals surface area (Å²) in [5.74, 6) is 0.771. The second-order valence-electron chi connectivity index (χ2n) is 6.73. The van der Waals surface area contributed by atoms with Crippen molar-refractivity contribution in [1.82, 2.24) is 5.32 Å². The van der Waals surface area contributed by atoms with Crippen LogP contribution in [0.1, 0.15) is 81.0 Å². The van der Waals surface area contributed by atoms with Crippen LogP contribution in [-0.4, -0.2) is 11.6 Å². The number of carbonyl (C=O) groups is 1. The second kappa shape index (κ2) is 7.17. The predicted octanol–water partition coefficient (Wildman–Crippen LogP) is 4.81. The van der Waals surface area contributed by atoms with Crippen molar-refractivity contribution in [2.45, 2.75) is 76.4 Å². The first-order valence-corrected chi connectivity index (χ1v) is 8.90. The summed E-state index contributed by atoms with van der Waals surface area (Å²) in [4.78, 5) is 12.4. The predicted molar refractivity (Wildman–Crippen MR) is 88.1 cm³/mol. The molecule has 0 saturated heterocycles. The molecule has 1 aliphatic heterocycles. The highest BCUT2D eigenvalue weighted by Gasteiger charge is 2.38. The summed E-state index contributed by atoms with van der Waals surface area (Å²) >= 11 is 0. The molecule has 1 fully saturated rings.